The molecule has 0 aliphatic carbocycles. The van der Waals surface area contributed by atoms with Gasteiger partial charge in [0.05, 0.1) is 13.0 Å². The molecule has 1 saturated heterocycles. The second-order valence-corrected chi connectivity index (χ2v) is 6.79. The van der Waals surface area contributed by atoms with Crippen molar-refractivity contribution in [2.75, 3.05) is 19.7 Å². The van der Waals surface area contributed by atoms with E-state index in [1.165, 1.54) is 6.07 Å². The van der Waals surface area contributed by atoms with Crippen molar-refractivity contribution >= 4 is 11.9 Å². The van der Waals surface area contributed by atoms with E-state index in [0.717, 1.165) is 31.5 Å². The average Bonchev–Trinajstić information content (AvgIpc) is 2.47. The van der Waals surface area contributed by atoms with E-state index in [4.69, 9.17) is 9.84 Å². The Morgan fingerprint density at radius 2 is 1.91 bits per heavy atom. The Labute approximate surface area is 137 Å². The van der Waals surface area contributed by atoms with Crippen molar-refractivity contribution in [3.63, 3.8) is 0 Å². The normalized spacial score (nSPS) is 16.9. The zero-order valence-corrected chi connectivity index (χ0v) is 14.1. The Morgan fingerprint density at radius 3 is 2.48 bits per heavy atom. The first-order valence-electron chi connectivity index (χ1n) is 8.09. The summed E-state index contributed by atoms with van der Waals surface area (Å²) in [6.07, 6.45) is 2.31. The highest BCUT2D eigenvalue weighted by Gasteiger charge is 2.27. The number of likely N-dealkylation sites (tertiary alicyclic amines) is 1. The zero-order valence-electron chi connectivity index (χ0n) is 14.1. The topological polar surface area (TPSA) is 66.8 Å². The molecule has 0 aromatic heterocycles. The van der Waals surface area contributed by atoms with E-state index in [0.29, 0.717) is 17.8 Å². The van der Waals surface area contributed by atoms with Crippen LogP contribution in [0.1, 0.15) is 49.5 Å². The Morgan fingerprint density at radius 1 is 1.26 bits per heavy atom. The highest BCUT2D eigenvalue weighted by Crippen LogP contribution is 2.30. The predicted molar refractivity (Wildman–Crippen MR) is 87.9 cm³/mol. The van der Waals surface area contributed by atoms with Crippen LogP contribution in [0.4, 0.5) is 0 Å². The molecule has 1 aliphatic rings. The van der Waals surface area contributed by atoms with Crippen LogP contribution in [0, 0.1) is 5.41 Å². The number of amides is 1. The lowest BCUT2D eigenvalue weighted by atomic mass is 9.82. The molecule has 1 fully saturated rings. The summed E-state index contributed by atoms with van der Waals surface area (Å²) in [6, 6.07) is 4.87. The van der Waals surface area contributed by atoms with E-state index in [1.54, 1.807) is 19.1 Å². The number of hydrogen-bond donors (Lipinski definition) is 1. The molecule has 0 atom stereocenters. The van der Waals surface area contributed by atoms with Gasteiger partial charge < -0.3 is 14.7 Å². The minimum absolute atomic E-state index is 0.0889. The van der Waals surface area contributed by atoms with Crippen LogP contribution in [0.2, 0.25) is 0 Å². The highest BCUT2D eigenvalue weighted by atomic mass is 16.5. The lowest BCUT2D eigenvalue weighted by Crippen LogP contribution is -2.41. The number of hydrogen-bond acceptors (Lipinski definition) is 3. The summed E-state index contributed by atoms with van der Waals surface area (Å²) >= 11 is 0. The molecule has 2 rings (SSSR count). The molecule has 5 heteroatoms. The third-order valence-electron chi connectivity index (χ3n) is 4.40. The van der Waals surface area contributed by atoms with Crippen molar-refractivity contribution in [1.29, 1.82) is 0 Å². The van der Waals surface area contributed by atoms with Crippen molar-refractivity contribution < 1.29 is 19.4 Å². The number of carbonyl (C=O) groups is 2. The molecule has 1 aliphatic heterocycles. The summed E-state index contributed by atoms with van der Waals surface area (Å²) in [5, 5.41) is 9.16. The number of ether oxygens (including phenoxy) is 1. The summed E-state index contributed by atoms with van der Waals surface area (Å²) in [4.78, 5) is 25.5. The van der Waals surface area contributed by atoms with Crippen LogP contribution >= 0.6 is 0 Å². The molecule has 1 N–H and O–H groups in total. The van der Waals surface area contributed by atoms with Gasteiger partial charge in [0, 0.05) is 13.1 Å². The standard InChI is InChI=1S/C18H25NO4/c1-4-23-15-11-13(5-6-14(15)17(21)22)12-16(20)19-9-7-18(2,3)8-10-19/h5-6,11H,4,7-10,12H2,1-3H3,(H,21,22). The number of carboxylic acid groups (broad SMARTS) is 1. The SMILES string of the molecule is CCOc1cc(CC(=O)N2CCC(C)(C)CC2)ccc1C(=O)O. The van der Waals surface area contributed by atoms with E-state index in [9.17, 15) is 9.59 Å². The maximum Gasteiger partial charge on any atom is 0.339 e. The summed E-state index contributed by atoms with van der Waals surface area (Å²) in [7, 11) is 0. The first-order chi connectivity index (χ1) is 10.8. The second kappa shape index (κ2) is 7.02. The molecule has 0 saturated carbocycles. The lowest BCUT2D eigenvalue weighted by Gasteiger charge is -2.37. The number of aromatic carboxylic acids is 1. The first kappa shape index (κ1) is 17.3. The fraction of sp³-hybridized carbons (Fsp3) is 0.556. The fourth-order valence-electron chi connectivity index (χ4n) is 2.78. The summed E-state index contributed by atoms with van der Waals surface area (Å²) in [5.74, 6) is -0.610. The second-order valence-electron chi connectivity index (χ2n) is 6.79. The van der Waals surface area contributed by atoms with Gasteiger partial charge in [-0.15, -0.1) is 0 Å². The number of piperidine rings is 1. The van der Waals surface area contributed by atoms with Gasteiger partial charge in [-0.2, -0.15) is 0 Å². The van der Waals surface area contributed by atoms with Gasteiger partial charge in [-0.25, -0.2) is 4.79 Å². The van der Waals surface area contributed by atoms with Crippen molar-refractivity contribution in [3.05, 3.63) is 29.3 Å². The van der Waals surface area contributed by atoms with E-state index in [1.807, 2.05) is 4.90 Å². The smallest absolute Gasteiger partial charge is 0.339 e. The van der Waals surface area contributed by atoms with Crippen molar-refractivity contribution in [1.82, 2.24) is 4.90 Å². The molecule has 1 heterocycles. The van der Waals surface area contributed by atoms with Gasteiger partial charge in [0.2, 0.25) is 5.91 Å². The van der Waals surface area contributed by atoms with E-state index >= 15 is 0 Å². The summed E-state index contributed by atoms with van der Waals surface area (Å²) < 4.78 is 5.39. The molecule has 0 unspecified atom stereocenters. The fourth-order valence-corrected chi connectivity index (χ4v) is 2.78. The summed E-state index contributed by atoms with van der Waals surface area (Å²) in [6.45, 7) is 8.23. The van der Waals surface area contributed by atoms with Crippen LogP contribution in [0.25, 0.3) is 0 Å². The number of benzene rings is 1. The Balaban J connectivity index is 2.06. The van der Waals surface area contributed by atoms with Gasteiger partial charge in [0.15, 0.2) is 0 Å². The minimum Gasteiger partial charge on any atom is -0.493 e. The lowest BCUT2D eigenvalue weighted by molar-refractivity contribution is -0.132. The van der Waals surface area contributed by atoms with Crippen LogP contribution in [-0.4, -0.2) is 41.6 Å². The van der Waals surface area contributed by atoms with E-state index in [-0.39, 0.29) is 17.9 Å². The van der Waals surface area contributed by atoms with Crippen molar-refractivity contribution in [2.45, 2.75) is 40.0 Å². The third kappa shape index (κ3) is 4.47. The molecule has 126 valence electrons. The average molecular weight is 319 g/mol. The molecule has 1 aromatic carbocycles. The number of carboxylic acids is 1. The van der Waals surface area contributed by atoms with E-state index in [2.05, 4.69) is 13.8 Å². The maximum atomic E-state index is 12.4. The first-order valence-corrected chi connectivity index (χ1v) is 8.09. The quantitative estimate of drug-likeness (QED) is 0.906. The van der Waals surface area contributed by atoms with Crippen LogP contribution in [0.5, 0.6) is 5.75 Å². The molecular weight excluding hydrogens is 294 g/mol. The molecule has 1 amide bonds. The zero-order chi connectivity index (χ0) is 17.0. The van der Waals surface area contributed by atoms with E-state index < -0.39 is 5.97 Å². The minimum atomic E-state index is -1.02. The van der Waals surface area contributed by atoms with Crippen LogP contribution < -0.4 is 4.74 Å². The van der Waals surface area contributed by atoms with Crippen LogP contribution in [-0.2, 0) is 11.2 Å². The molecule has 0 bridgehead atoms. The molecule has 0 radical (unpaired) electrons. The molecule has 0 spiro atoms. The van der Waals surface area contributed by atoms with Gasteiger partial charge in [0.1, 0.15) is 11.3 Å². The van der Waals surface area contributed by atoms with Gasteiger partial charge in [0.25, 0.3) is 0 Å². The predicted octanol–water partition coefficient (Wildman–Crippen LogP) is 2.97. The summed E-state index contributed by atoms with van der Waals surface area (Å²) in [5.41, 5.74) is 1.22. The molecule has 1 aromatic rings. The Bertz CT molecular complexity index is 585. The van der Waals surface area contributed by atoms with Gasteiger partial charge >= 0.3 is 5.97 Å². The largest absolute Gasteiger partial charge is 0.493 e. The highest BCUT2D eigenvalue weighted by molar-refractivity contribution is 5.91. The molecular formula is C18H25NO4. The number of nitrogens with zero attached hydrogens (tertiary/aromatic N) is 1. The maximum absolute atomic E-state index is 12.4. The van der Waals surface area contributed by atoms with Crippen LogP contribution in [0.15, 0.2) is 18.2 Å². The van der Waals surface area contributed by atoms with Gasteiger partial charge in [-0.3, -0.25) is 4.79 Å². The number of carbonyl (C=O) groups excluding carboxylic acids is 1. The van der Waals surface area contributed by atoms with Crippen LogP contribution in [0.3, 0.4) is 0 Å². The number of rotatable bonds is 5. The van der Waals surface area contributed by atoms with Gasteiger partial charge in [-0.05, 0) is 42.9 Å². The Hall–Kier alpha value is -2.04. The van der Waals surface area contributed by atoms with Crippen molar-refractivity contribution in [3.8, 4) is 5.75 Å². The molecule has 23 heavy (non-hydrogen) atoms. The molecule has 5 nitrogen and oxygen atoms in total. The van der Waals surface area contributed by atoms with Crippen molar-refractivity contribution in [2.24, 2.45) is 5.41 Å². The van der Waals surface area contributed by atoms with Gasteiger partial charge in [-0.1, -0.05) is 19.9 Å². The third-order valence-corrected chi connectivity index (χ3v) is 4.40. The monoisotopic (exact) mass is 319 g/mol. The Kier molecular flexibility index (Phi) is 5.29.